The van der Waals surface area contributed by atoms with Gasteiger partial charge < -0.3 is 10.0 Å². The first-order valence-electron chi connectivity index (χ1n) is 7.36. The van der Waals surface area contributed by atoms with Crippen molar-refractivity contribution in [1.82, 2.24) is 4.90 Å². The molecule has 0 radical (unpaired) electrons. The zero-order valence-corrected chi connectivity index (χ0v) is 11.4. The van der Waals surface area contributed by atoms with Gasteiger partial charge in [-0.25, -0.2) is 0 Å². The zero-order chi connectivity index (χ0) is 13.7. The molecule has 1 aliphatic carbocycles. The van der Waals surface area contributed by atoms with Crippen LogP contribution in [0.3, 0.4) is 0 Å². The molecule has 1 fully saturated rings. The molecule has 0 aromatic heterocycles. The van der Waals surface area contributed by atoms with Gasteiger partial charge in [0.1, 0.15) is 0 Å². The van der Waals surface area contributed by atoms with E-state index >= 15 is 0 Å². The number of hydrogen-bond acceptors (Lipinski definition) is 2. The van der Waals surface area contributed by atoms with Crippen molar-refractivity contribution in [3.05, 3.63) is 12.2 Å². The molecule has 2 rings (SSSR count). The van der Waals surface area contributed by atoms with E-state index in [1.165, 1.54) is 19.3 Å². The van der Waals surface area contributed by atoms with Crippen LogP contribution >= 0.6 is 0 Å². The predicted octanol–water partition coefficient (Wildman–Crippen LogP) is 2.45. The number of hydrogen-bond donors (Lipinski definition) is 1. The van der Waals surface area contributed by atoms with Crippen molar-refractivity contribution in [2.24, 2.45) is 11.8 Å². The summed E-state index contributed by atoms with van der Waals surface area (Å²) in [6, 6.07) is 0. The van der Waals surface area contributed by atoms with Gasteiger partial charge in [-0.05, 0) is 25.7 Å². The van der Waals surface area contributed by atoms with E-state index in [4.69, 9.17) is 0 Å². The first-order chi connectivity index (χ1) is 9.20. The fourth-order valence-electron chi connectivity index (χ4n) is 3.06. The molecule has 1 N–H and O–H groups in total. The van der Waals surface area contributed by atoms with E-state index in [2.05, 4.69) is 0 Å². The van der Waals surface area contributed by atoms with Crippen LogP contribution < -0.4 is 0 Å². The first-order valence-corrected chi connectivity index (χ1v) is 7.36. The third kappa shape index (κ3) is 3.58. The molecule has 1 saturated heterocycles. The summed E-state index contributed by atoms with van der Waals surface area (Å²) in [6.07, 6.45) is 10.6. The van der Waals surface area contributed by atoms with E-state index in [0.717, 1.165) is 25.9 Å². The summed E-state index contributed by atoms with van der Waals surface area (Å²) in [5.41, 5.74) is 0. The van der Waals surface area contributed by atoms with E-state index in [1.807, 2.05) is 17.1 Å². The summed E-state index contributed by atoms with van der Waals surface area (Å²) in [7, 11) is 0. The summed E-state index contributed by atoms with van der Waals surface area (Å²) in [6.45, 7) is 1.59. The van der Waals surface area contributed by atoms with Crippen LogP contribution in [0.15, 0.2) is 12.2 Å². The Kier molecular flexibility index (Phi) is 5.00. The number of amides is 1. The van der Waals surface area contributed by atoms with Crippen molar-refractivity contribution in [3.63, 3.8) is 0 Å². The molecule has 1 heterocycles. The molecule has 4 nitrogen and oxygen atoms in total. The van der Waals surface area contributed by atoms with E-state index in [-0.39, 0.29) is 11.8 Å². The molecule has 0 aromatic carbocycles. The van der Waals surface area contributed by atoms with Gasteiger partial charge in [0.15, 0.2) is 0 Å². The van der Waals surface area contributed by atoms with Crippen molar-refractivity contribution in [2.75, 3.05) is 13.1 Å². The van der Waals surface area contributed by atoms with Gasteiger partial charge in [0.25, 0.3) is 0 Å². The standard InChI is InChI=1S/C15H23NO3/c17-14(16-10-6-2-1-3-7-11-16)12-8-4-5-9-13(12)15(18)19/h4-5,12-13H,1-3,6-11H2,(H,18,19)/t12-,13+/m1/s1. The minimum Gasteiger partial charge on any atom is -0.481 e. The topological polar surface area (TPSA) is 57.6 Å². The second kappa shape index (κ2) is 6.73. The maximum atomic E-state index is 12.6. The molecule has 0 bridgehead atoms. The van der Waals surface area contributed by atoms with E-state index < -0.39 is 11.9 Å². The Morgan fingerprint density at radius 1 is 0.895 bits per heavy atom. The SMILES string of the molecule is O=C(O)[C@H]1CC=CC[C@H]1C(=O)N1CCCCCCC1. The Labute approximate surface area is 114 Å². The van der Waals surface area contributed by atoms with Crippen LogP contribution in [0.4, 0.5) is 0 Å². The molecule has 0 saturated carbocycles. The van der Waals surface area contributed by atoms with Crippen LogP contribution in [0.1, 0.15) is 44.9 Å². The van der Waals surface area contributed by atoms with Crippen molar-refractivity contribution in [3.8, 4) is 0 Å². The largest absolute Gasteiger partial charge is 0.481 e. The second-order valence-electron chi connectivity index (χ2n) is 5.59. The molecule has 2 atom stereocenters. The number of aliphatic carboxylic acids is 1. The van der Waals surface area contributed by atoms with Gasteiger partial charge in [-0.3, -0.25) is 9.59 Å². The average Bonchev–Trinajstić information content (AvgIpc) is 2.37. The first kappa shape index (κ1) is 14.1. The van der Waals surface area contributed by atoms with Crippen LogP contribution in [-0.2, 0) is 9.59 Å². The average molecular weight is 265 g/mol. The lowest BCUT2D eigenvalue weighted by molar-refractivity contribution is -0.150. The number of carboxylic acids is 1. The number of nitrogens with zero attached hydrogens (tertiary/aromatic N) is 1. The van der Waals surface area contributed by atoms with Crippen LogP contribution in [0, 0.1) is 11.8 Å². The Bertz CT molecular complexity index is 356. The van der Waals surface area contributed by atoms with Gasteiger partial charge in [-0.2, -0.15) is 0 Å². The third-order valence-corrected chi connectivity index (χ3v) is 4.23. The van der Waals surface area contributed by atoms with Crippen molar-refractivity contribution >= 4 is 11.9 Å². The fourth-order valence-corrected chi connectivity index (χ4v) is 3.06. The molecule has 1 amide bonds. The third-order valence-electron chi connectivity index (χ3n) is 4.23. The maximum absolute atomic E-state index is 12.6. The lowest BCUT2D eigenvalue weighted by atomic mass is 9.82. The van der Waals surface area contributed by atoms with Gasteiger partial charge in [0.05, 0.1) is 11.8 Å². The Hall–Kier alpha value is -1.32. The fraction of sp³-hybridized carbons (Fsp3) is 0.733. The Morgan fingerprint density at radius 3 is 2.00 bits per heavy atom. The van der Waals surface area contributed by atoms with Gasteiger partial charge in [-0.15, -0.1) is 0 Å². The lowest BCUT2D eigenvalue weighted by Crippen LogP contribution is -2.43. The van der Waals surface area contributed by atoms with Crippen molar-refractivity contribution in [1.29, 1.82) is 0 Å². The molecule has 19 heavy (non-hydrogen) atoms. The minimum absolute atomic E-state index is 0.0543. The number of carbonyl (C=O) groups is 2. The highest BCUT2D eigenvalue weighted by Crippen LogP contribution is 2.28. The van der Waals surface area contributed by atoms with Crippen molar-refractivity contribution < 1.29 is 14.7 Å². The molecule has 1 aliphatic heterocycles. The molecule has 0 aromatic rings. The Morgan fingerprint density at radius 2 is 1.42 bits per heavy atom. The van der Waals surface area contributed by atoms with Crippen LogP contribution in [0.25, 0.3) is 0 Å². The molecule has 0 spiro atoms. The maximum Gasteiger partial charge on any atom is 0.307 e. The van der Waals surface area contributed by atoms with E-state index in [0.29, 0.717) is 12.8 Å². The van der Waals surface area contributed by atoms with Gasteiger partial charge in [0.2, 0.25) is 5.91 Å². The molecular formula is C15H23NO3. The highest BCUT2D eigenvalue weighted by Gasteiger charge is 2.36. The van der Waals surface area contributed by atoms with Crippen LogP contribution in [0.5, 0.6) is 0 Å². The molecule has 4 heteroatoms. The van der Waals surface area contributed by atoms with Gasteiger partial charge in [-0.1, -0.05) is 31.4 Å². The molecule has 106 valence electrons. The number of allylic oxidation sites excluding steroid dienone is 2. The van der Waals surface area contributed by atoms with E-state index in [9.17, 15) is 14.7 Å². The normalized spacial score (nSPS) is 28.5. The Balaban J connectivity index is 2.03. The van der Waals surface area contributed by atoms with Gasteiger partial charge in [0, 0.05) is 13.1 Å². The molecular weight excluding hydrogens is 242 g/mol. The summed E-state index contributed by atoms with van der Waals surface area (Å²) in [4.78, 5) is 25.7. The van der Waals surface area contributed by atoms with Crippen molar-refractivity contribution in [2.45, 2.75) is 44.9 Å². The molecule has 0 unspecified atom stereocenters. The number of rotatable bonds is 2. The predicted molar refractivity (Wildman–Crippen MR) is 72.7 cm³/mol. The molecule has 2 aliphatic rings. The van der Waals surface area contributed by atoms with Crippen LogP contribution in [-0.4, -0.2) is 35.0 Å². The zero-order valence-electron chi connectivity index (χ0n) is 11.4. The monoisotopic (exact) mass is 265 g/mol. The quantitative estimate of drug-likeness (QED) is 0.780. The summed E-state index contributed by atoms with van der Waals surface area (Å²) >= 11 is 0. The highest BCUT2D eigenvalue weighted by atomic mass is 16.4. The summed E-state index contributed by atoms with van der Waals surface area (Å²) < 4.78 is 0. The smallest absolute Gasteiger partial charge is 0.307 e. The van der Waals surface area contributed by atoms with Crippen LogP contribution in [0.2, 0.25) is 0 Å². The minimum atomic E-state index is -0.838. The highest BCUT2D eigenvalue weighted by molar-refractivity contribution is 5.85. The summed E-state index contributed by atoms with van der Waals surface area (Å²) in [5.74, 6) is -1.68. The lowest BCUT2D eigenvalue weighted by Gasteiger charge is -2.32. The number of likely N-dealkylation sites (tertiary alicyclic amines) is 1. The van der Waals surface area contributed by atoms with Gasteiger partial charge >= 0.3 is 5.97 Å². The summed E-state index contributed by atoms with van der Waals surface area (Å²) in [5, 5.41) is 9.25. The van der Waals surface area contributed by atoms with E-state index in [1.54, 1.807) is 0 Å². The second-order valence-corrected chi connectivity index (χ2v) is 5.59. The number of carbonyl (C=O) groups excluding carboxylic acids is 1. The number of carboxylic acid groups (broad SMARTS) is 1.